The van der Waals surface area contributed by atoms with Gasteiger partial charge in [0, 0.05) is 0 Å². The van der Waals surface area contributed by atoms with E-state index in [4.69, 9.17) is 0 Å². The van der Waals surface area contributed by atoms with Crippen LogP contribution in [0.3, 0.4) is 0 Å². The number of rotatable bonds is 0. The lowest BCUT2D eigenvalue weighted by Crippen LogP contribution is -2.27. The minimum absolute atomic E-state index is 0. The molecule has 0 aromatic heterocycles. The SMILES string of the molecule is C[N+](C)(C)C.Cl.I.I.I.I. The lowest BCUT2D eigenvalue weighted by atomic mass is 10.8. The molecule has 10 heavy (non-hydrogen) atoms. The van der Waals surface area contributed by atoms with Crippen LogP contribution in [-0.2, 0) is 0 Å². The molecule has 0 aliphatic rings. The molecule has 0 spiro atoms. The van der Waals surface area contributed by atoms with Gasteiger partial charge in [0.2, 0.25) is 0 Å². The van der Waals surface area contributed by atoms with Crippen LogP contribution >= 0.6 is 108 Å². The summed E-state index contributed by atoms with van der Waals surface area (Å²) in [5.41, 5.74) is 0. The van der Waals surface area contributed by atoms with Gasteiger partial charge in [0.1, 0.15) is 0 Å². The van der Waals surface area contributed by atoms with Gasteiger partial charge < -0.3 is 4.48 Å². The Morgan fingerprint density at radius 3 is 0.600 bits per heavy atom. The topological polar surface area (TPSA) is 0 Å². The highest BCUT2D eigenvalue weighted by molar-refractivity contribution is 14.0. The minimum Gasteiger partial charge on any atom is -0.333 e. The zero-order chi connectivity index (χ0) is 4.50. The van der Waals surface area contributed by atoms with Crippen molar-refractivity contribution in [1.29, 1.82) is 0 Å². The summed E-state index contributed by atoms with van der Waals surface area (Å²) in [6, 6.07) is 0. The average molecular weight is 622 g/mol. The van der Waals surface area contributed by atoms with Gasteiger partial charge in [-0.1, -0.05) is 0 Å². The molecule has 0 aliphatic heterocycles. The molecule has 0 atom stereocenters. The smallest absolute Gasteiger partial charge is 0.0675 e. The maximum atomic E-state index is 2.12. The number of quaternary nitrogens is 1. The third kappa shape index (κ3) is 115. The predicted molar refractivity (Wildman–Crippen MR) is 92.9 cm³/mol. The van der Waals surface area contributed by atoms with Gasteiger partial charge in [-0.25, -0.2) is 0 Å². The standard InChI is InChI=1S/C4H12N.ClH.4HI/c1-5(2,3)4;;;;;/h1-4H3;5*1H/q+1;;;;;. The Morgan fingerprint density at radius 1 is 0.600 bits per heavy atom. The molecule has 0 heterocycles. The molecule has 0 aromatic carbocycles. The van der Waals surface area contributed by atoms with Gasteiger partial charge in [0.25, 0.3) is 0 Å². The highest BCUT2D eigenvalue weighted by Gasteiger charge is 1.88. The first kappa shape index (κ1) is 37.9. The van der Waals surface area contributed by atoms with Crippen LogP contribution < -0.4 is 0 Å². The average Bonchev–Trinajstić information content (AvgIpc) is 0.722. The van der Waals surface area contributed by atoms with Crippen LogP contribution in [0.1, 0.15) is 0 Å². The molecule has 0 saturated carbocycles. The van der Waals surface area contributed by atoms with Crippen LogP contribution in [0.25, 0.3) is 0 Å². The van der Waals surface area contributed by atoms with Crippen molar-refractivity contribution in [1.82, 2.24) is 0 Å². The van der Waals surface area contributed by atoms with Gasteiger partial charge in [-0.15, -0.1) is 108 Å². The van der Waals surface area contributed by atoms with Crippen LogP contribution in [0.2, 0.25) is 0 Å². The first-order chi connectivity index (χ1) is 2.00. The lowest BCUT2D eigenvalue weighted by molar-refractivity contribution is -0.849. The largest absolute Gasteiger partial charge is 0.333 e. The van der Waals surface area contributed by atoms with Crippen LogP contribution in [0, 0.1) is 0 Å². The predicted octanol–water partition coefficient (Wildman–Crippen LogP) is 3.22. The van der Waals surface area contributed by atoms with Gasteiger partial charge in [-0.3, -0.25) is 0 Å². The van der Waals surface area contributed by atoms with E-state index in [0.717, 1.165) is 4.48 Å². The first-order valence-corrected chi connectivity index (χ1v) is 1.79. The zero-order valence-corrected chi connectivity index (χ0v) is 16.6. The maximum Gasteiger partial charge on any atom is 0.0675 e. The third-order valence-electron chi connectivity index (χ3n) is 0. The summed E-state index contributed by atoms with van der Waals surface area (Å²) in [4.78, 5) is 0. The molecule has 72 valence electrons. The van der Waals surface area contributed by atoms with E-state index in [1.165, 1.54) is 0 Å². The molecule has 0 amide bonds. The van der Waals surface area contributed by atoms with Crippen LogP contribution in [0.4, 0.5) is 0 Å². The van der Waals surface area contributed by atoms with Crippen molar-refractivity contribution in [3.8, 4) is 0 Å². The molecule has 0 unspecified atom stereocenters. The van der Waals surface area contributed by atoms with Crippen LogP contribution in [-0.4, -0.2) is 32.7 Å². The van der Waals surface area contributed by atoms with Crippen molar-refractivity contribution in [3.63, 3.8) is 0 Å². The van der Waals surface area contributed by atoms with Crippen molar-refractivity contribution in [2.24, 2.45) is 0 Å². The molecule has 0 rings (SSSR count). The summed E-state index contributed by atoms with van der Waals surface area (Å²) in [5, 5.41) is 0. The van der Waals surface area contributed by atoms with Gasteiger partial charge in [0.15, 0.2) is 0 Å². The summed E-state index contributed by atoms with van der Waals surface area (Å²) >= 11 is 0. The Balaban J connectivity index is -0.00000000800. The summed E-state index contributed by atoms with van der Waals surface area (Å²) < 4.78 is 1.00. The second-order valence-corrected chi connectivity index (χ2v) is 2.68. The van der Waals surface area contributed by atoms with E-state index in [9.17, 15) is 0 Å². The summed E-state index contributed by atoms with van der Waals surface area (Å²) in [6.07, 6.45) is 0. The van der Waals surface area contributed by atoms with Crippen LogP contribution in [0.15, 0.2) is 0 Å². The van der Waals surface area contributed by atoms with Crippen LogP contribution in [0.5, 0.6) is 0 Å². The van der Waals surface area contributed by atoms with Gasteiger partial charge in [0.05, 0.1) is 28.2 Å². The molecule has 0 bridgehead atoms. The second kappa shape index (κ2) is 18.1. The number of hydrogen-bond donors (Lipinski definition) is 0. The van der Waals surface area contributed by atoms with E-state index in [-0.39, 0.29) is 108 Å². The van der Waals surface area contributed by atoms with E-state index >= 15 is 0 Å². The Labute approximate surface area is 139 Å². The van der Waals surface area contributed by atoms with E-state index in [1.54, 1.807) is 0 Å². The van der Waals surface area contributed by atoms with Gasteiger partial charge in [-0.2, -0.15) is 0 Å². The summed E-state index contributed by atoms with van der Waals surface area (Å²) in [7, 11) is 8.50. The molecular weight excluding hydrogens is 605 g/mol. The molecule has 0 fully saturated rings. The normalized spacial score (nSPS) is 6.00. The van der Waals surface area contributed by atoms with Gasteiger partial charge in [-0.05, 0) is 0 Å². The second-order valence-electron chi connectivity index (χ2n) is 2.68. The lowest BCUT2D eigenvalue weighted by Gasteiger charge is -2.14. The molecule has 0 aliphatic carbocycles. The Kier molecular flexibility index (Phi) is 68.5. The number of nitrogens with zero attached hydrogens (tertiary/aromatic N) is 1. The van der Waals surface area contributed by atoms with E-state index in [0.29, 0.717) is 0 Å². The molecule has 0 saturated heterocycles. The van der Waals surface area contributed by atoms with E-state index < -0.39 is 0 Å². The van der Waals surface area contributed by atoms with Crippen molar-refractivity contribution < 1.29 is 4.48 Å². The fraction of sp³-hybridized carbons (Fsp3) is 1.00. The van der Waals surface area contributed by atoms with Crippen molar-refractivity contribution >= 4 is 108 Å². The molecular formula is C4H17ClI4N+. The van der Waals surface area contributed by atoms with Crippen molar-refractivity contribution in [2.45, 2.75) is 0 Å². The monoisotopic (exact) mass is 622 g/mol. The first-order valence-electron chi connectivity index (χ1n) is 1.79. The molecule has 0 radical (unpaired) electrons. The molecule has 6 heteroatoms. The van der Waals surface area contributed by atoms with Crippen molar-refractivity contribution in [2.75, 3.05) is 28.2 Å². The van der Waals surface area contributed by atoms with E-state index in [2.05, 4.69) is 28.2 Å². The quantitative estimate of drug-likeness (QED) is 0.288. The Hall–Kier alpha value is 3.17. The fourth-order valence-corrected chi connectivity index (χ4v) is 0. The summed E-state index contributed by atoms with van der Waals surface area (Å²) in [5.74, 6) is 0. The van der Waals surface area contributed by atoms with Crippen molar-refractivity contribution in [3.05, 3.63) is 0 Å². The highest BCUT2D eigenvalue weighted by Crippen LogP contribution is 1.73. The fourth-order valence-electron chi connectivity index (χ4n) is 0. The third-order valence-corrected chi connectivity index (χ3v) is 0. The number of hydrogen-bond acceptors (Lipinski definition) is 0. The highest BCUT2D eigenvalue weighted by atomic mass is 127. The Bertz CT molecular complexity index is 32.7. The van der Waals surface area contributed by atoms with Gasteiger partial charge >= 0.3 is 0 Å². The molecule has 1 nitrogen and oxygen atoms in total. The minimum atomic E-state index is 0. The summed E-state index contributed by atoms with van der Waals surface area (Å²) in [6.45, 7) is 0. The Morgan fingerprint density at radius 2 is 0.600 bits per heavy atom. The zero-order valence-electron chi connectivity index (χ0n) is 6.49. The molecule has 0 N–H and O–H groups in total. The maximum absolute atomic E-state index is 2.12. The number of halogens is 5. The molecule has 0 aromatic rings. The van der Waals surface area contributed by atoms with E-state index in [1.807, 2.05) is 0 Å².